The second kappa shape index (κ2) is 8.83. The first kappa shape index (κ1) is 9.06. The fourth-order valence-electron chi connectivity index (χ4n) is 0. The van der Waals surface area contributed by atoms with Gasteiger partial charge in [0.2, 0.25) is 0 Å². The van der Waals surface area contributed by atoms with E-state index >= 15 is 0 Å². The van der Waals surface area contributed by atoms with Crippen molar-refractivity contribution < 1.29 is 20.0 Å². The minimum Gasteiger partial charge on any atom is -0.230 e. The van der Waals surface area contributed by atoms with Crippen LogP contribution in [0.1, 0.15) is 0 Å². The monoisotopic (exact) mass is 230 g/mol. The van der Waals surface area contributed by atoms with Crippen molar-refractivity contribution in [1.29, 1.82) is 0 Å². The molecule has 0 aliphatic heterocycles. The molecule has 0 aromatic carbocycles. The summed E-state index contributed by atoms with van der Waals surface area (Å²) in [5.74, 6) is 0. The van der Waals surface area contributed by atoms with Gasteiger partial charge in [-0.25, -0.2) is 2.92 Å². The first-order chi connectivity index (χ1) is 1.41. The molecule has 0 fully saturated rings. The van der Waals surface area contributed by atoms with Crippen LogP contribution in [0.3, 0.4) is 0 Å². The summed E-state index contributed by atoms with van der Waals surface area (Å²) in [5.41, 5.74) is 0. The molecule has 0 saturated heterocycles. The summed E-state index contributed by atoms with van der Waals surface area (Å²) < 4.78 is 3.88. The molecule has 0 aliphatic carbocycles. The van der Waals surface area contributed by atoms with Gasteiger partial charge in [0, 0.05) is 17.1 Å². The average molecular weight is 232 g/mol. The van der Waals surface area contributed by atoms with Crippen LogP contribution < -0.4 is 0 Å². The fourth-order valence-corrected chi connectivity index (χ4v) is 0. The molecule has 0 aliphatic rings. The standard InChI is InChI=1S/Br2O.Fe/c1-3-2;. The minimum absolute atomic E-state index is 0. The van der Waals surface area contributed by atoms with Crippen molar-refractivity contribution in [3.63, 3.8) is 0 Å². The Bertz CT molecular complexity index is 6.00. The molecule has 0 spiro atoms. The van der Waals surface area contributed by atoms with Crippen LogP contribution in [0.5, 0.6) is 0 Å². The zero-order valence-electron chi connectivity index (χ0n) is 1.52. The Kier molecular flexibility index (Phi) is 20.0. The van der Waals surface area contributed by atoms with Crippen LogP contribution in [-0.4, -0.2) is 0 Å². The van der Waals surface area contributed by atoms with Crippen molar-refractivity contribution in [3.05, 3.63) is 0 Å². The van der Waals surface area contributed by atoms with Crippen LogP contribution in [-0.2, 0) is 20.0 Å². The van der Waals surface area contributed by atoms with Crippen LogP contribution in [0.4, 0.5) is 0 Å². The van der Waals surface area contributed by atoms with E-state index in [4.69, 9.17) is 0 Å². The summed E-state index contributed by atoms with van der Waals surface area (Å²) in [6.45, 7) is 0. The first-order valence-electron chi connectivity index (χ1n) is 0.309. The molecule has 0 N–H and O–H groups in total. The molecule has 4 heavy (non-hydrogen) atoms. The largest absolute Gasteiger partial charge is 0.230 e. The molecule has 0 bridgehead atoms. The smallest absolute Gasteiger partial charge is 0.115 e. The Balaban J connectivity index is 0. The molecule has 4 heteroatoms. The molecular formula is Br2FeO. The second-order valence-electron chi connectivity index (χ2n) is 0.0583. The van der Waals surface area contributed by atoms with Crippen molar-refractivity contribution in [3.8, 4) is 0 Å². The predicted molar refractivity (Wildman–Crippen MR) is 18.9 cm³/mol. The molecule has 0 aromatic heterocycles. The molecule has 0 rings (SSSR count). The van der Waals surface area contributed by atoms with Crippen molar-refractivity contribution in [2.45, 2.75) is 0 Å². The Hall–Kier alpha value is 1.44. The van der Waals surface area contributed by atoms with Crippen molar-refractivity contribution >= 4 is 32.5 Å². The summed E-state index contributed by atoms with van der Waals surface area (Å²) in [5, 5.41) is 0. The Morgan fingerprint density at radius 2 is 1.25 bits per heavy atom. The summed E-state index contributed by atoms with van der Waals surface area (Å²) in [6, 6.07) is 0. The third kappa shape index (κ3) is 9.88. The van der Waals surface area contributed by atoms with Gasteiger partial charge in [-0.3, -0.25) is 0 Å². The molecule has 28 valence electrons. The van der Waals surface area contributed by atoms with Gasteiger partial charge < -0.3 is 0 Å². The van der Waals surface area contributed by atoms with Crippen LogP contribution in [0, 0.1) is 0 Å². The van der Waals surface area contributed by atoms with Gasteiger partial charge in [0.25, 0.3) is 0 Å². The summed E-state index contributed by atoms with van der Waals surface area (Å²) >= 11 is 5.12. The van der Waals surface area contributed by atoms with Gasteiger partial charge in [-0.05, 0) is 0 Å². The number of hydrogen-bond donors (Lipinski definition) is 0. The van der Waals surface area contributed by atoms with Gasteiger partial charge in [-0.15, -0.1) is 0 Å². The van der Waals surface area contributed by atoms with E-state index in [1.54, 1.807) is 0 Å². The van der Waals surface area contributed by atoms with E-state index in [2.05, 4.69) is 35.4 Å². The fraction of sp³-hybridized carbons (Fsp3) is 0. The second-order valence-corrected chi connectivity index (χ2v) is 1.57. The summed E-state index contributed by atoms with van der Waals surface area (Å²) in [4.78, 5) is 0. The molecule has 0 radical (unpaired) electrons. The van der Waals surface area contributed by atoms with E-state index < -0.39 is 0 Å². The maximum absolute atomic E-state index is 3.88. The van der Waals surface area contributed by atoms with Gasteiger partial charge in [-0.1, -0.05) is 0 Å². The molecule has 0 aromatic rings. The van der Waals surface area contributed by atoms with E-state index in [-0.39, 0.29) is 17.1 Å². The van der Waals surface area contributed by atoms with Crippen molar-refractivity contribution in [2.75, 3.05) is 0 Å². The number of halogens is 2. The van der Waals surface area contributed by atoms with Gasteiger partial charge in [0.05, 0.1) is 0 Å². The maximum atomic E-state index is 3.88. The van der Waals surface area contributed by atoms with E-state index in [0.717, 1.165) is 0 Å². The van der Waals surface area contributed by atoms with E-state index in [9.17, 15) is 0 Å². The normalized spacial score (nSPS) is 4.50. The molecule has 0 amide bonds. The Morgan fingerprint density at radius 3 is 1.25 bits per heavy atom. The Morgan fingerprint density at radius 1 is 1.25 bits per heavy atom. The van der Waals surface area contributed by atoms with Crippen LogP contribution in [0.15, 0.2) is 0 Å². The number of rotatable bonds is 0. The minimum atomic E-state index is 0. The third-order valence-electron chi connectivity index (χ3n) is 0. The zero-order chi connectivity index (χ0) is 2.71. The van der Waals surface area contributed by atoms with Crippen LogP contribution in [0.25, 0.3) is 0 Å². The van der Waals surface area contributed by atoms with Gasteiger partial charge in [0.15, 0.2) is 0 Å². The molecular weight excluding hydrogens is 232 g/mol. The molecule has 0 saturated carbocycles. The molecule has 1 nitrogen and oxygen atoms in total. The topological polar surface area (TPSA) is 9.23 Å². The van der Waals surface area contributed by atoms with Gasteiger partial charge in [0.1, 0.15) is 32.5 Å². The Labute approximate surface area is 52.5 Å². The van der Waals surface area contributed by atoms with E-state index in [0.29, 0.717) is 0 Å². The van der Waals surface area contributed by atoms with Crippen molar-refractivity contribution in [2.24, 2.45) is 0 Å². The van der Waals surface area contributed by atoms with Crippen LogP contribution >= 0.6 is 32.5 Å². The van der Waals surface area contributed by atoms with Crippen molar-refractivity contribution in [1.82, 2.24) is 0 Å². The summed E-state index contributed by atoms with van der Waals surface area (Å²) in [7, 11) is 0. The predicted octanol–water partition coefficient (Wildman–Crippen LogP) is 1.62. The average Bonchev–Trinajstić information content (AvgIpc) is 0.918. The number of hydrogen-bond acceptors (Lipinski definition) is 1. The van der Waals surface area contributed by atoms with E-state index in [1.165, 1.54) is 0 Å². The SMILES string of the molecule is BrOBr.[Fe]. The van der Waals surface area contributed by atoms with Crippen LogP contribution in [0.2, 0.25) is 0 Å². The third-order valence-corrected chi connectivity index (χ3v) is 0. The van der Waals surface area contributed by atoms with Gasteiger partial charge in [-0.2, -0.15) is 0 Å². The first-order valence-corrected chi connectivity index (χ1v) is 1.60. The van der Waals surface area contributed by atoms with Gasteiger partial charge >= 0.3 is 0 Å². The maximum Gasteiger partial charge on any atom is 0.115 e. The zero-order valence-corrected chi connectivity index (χ0v) is 5.79. The summed E-state index contributed by atoms with van der Waals surface area (Å²) in [6.07, 6.45) is 0. The van der Waals surface area contributed by atoms with E-state index in [1.807, 2.05) is 0 Å². The molecule has 0 unspecified atom stereocenters. The molecule has 0 heterocycles. The quantitative estimate of drug-likeness (QED) is 0.576. The molecule has 0 atom stereocenters.